The summed E-state index contributed by atoms with van der Waals surface area (Å²) in [6.45, 7) is 8.40. The van der Waals surface area contributed by atoms with Crippen molar-refractivity contribution in [1.82, 2.24) is 10.6 Å². The predicted molar refractivity (Wildman–Crippen MR) is 98.5 cm³/mol. The standard InChI is InChI=1S/C19H22N2O6/c1-10-6-7-14-12(8-10)13(22)9-15(27-14)17(24)26-11(2)16(23)20-18(25)21-19(3,4)5/h6-9,11H,1-5H3,(H2,20,21,23,25)/t11-/m0/s1. The summed E-state index contributed by atoms with van der Waals surface area (Å²) < 4.78 is 10.4. The average Bonchev–Trinajstić information content (AvgIpc) is 2.53. The van der Waals surface area contributed by atoms with E-state index in [4.69, 9.17) is 9.15 Å². The molecule has 0 aliphatic carbocycles. The summed E-state index contributed by atoms with van der Waals surface area (Å²) in [5.41, 5.74) is 0.191. The number of benzene rings is 1. The fourth-order valence-electron chi connectivity index (χ4n) is 2.23. The van der Waals surface area contributed by atoms with E-state index in [1.54, 1.807) is 39.0 Å². The first-order valence-corrected chi connectivity index (χ1v) is 8.35. The number of esters is 1. The van der Waals surface area contributed by atoms with Crippen molar-refractivity contribution in [1.29, 1.82) is 0 Å². The van der Waals surface area contributed by atoms with Crippen molar-refractivity contribution in [2.75, 3.05) is 0 Å². The second-order valence-electron chi connectivity index (χ2n) is 7.22. The zero-order valence-electron chi connectivity index (χ0n) is 15.8. The van der Waals surface area contributed by atoms with Crippen molar-refractivity contribution in [2.24, 2.45) is 0 Å². The molecule has 0 fully saturated rings. The molecule has 144 valence electrons. The van der Waals surface area contributed by atoms with Crippen LogP contribution in [0.2, 0.25) is 0 Å². The number of hydrogen-bond donors (Lipinski definition) is 2. The smallest absolute Gasteiger partial charge is 0.375 e. The first kappa shape index (κ1) is 20.2. The Morgan fingerprint density at radius 2 is 1.81 bits per heavy atom. The Bertz CT molecular complexity index is 955. The molecule has 1 aromatic heterocycles. The highest BCUT2D eigenvalue weighted by Crippen LogP contribution is 2.15. The lowest BCUT2D eigenvalue weighted by molar-refractivity contribution is -0.128. The molecule has 0 unspecified atom stereocenters. The van der Waals surface area contributed by atoms with Gasteiger partial charge in [0.25, 0.3) is 5.91 Å². The van der Waals surface area contributed by atoms with Gasteiger partial charge in [0.05, 0.1) is 5.39 Å². The average molecular weight is 374 g/mol. The second kappa shape index (κ2) is 7.61. The maximum absolute atomic E-state index is 12.2. The molecule has 2 rings (SSSR count). The van der Waals surface area contributed by atoms with Gasteiger partial charge in [0.1, 0.15) is 5.58 Å². The highest BCUT2D eigenvalue weighted by atomic mass is 16.6. The number of aryl methyl sites for hydroxylation is 1. The fraction of sp³-hybridized carbons (Fsp3) is 0.368. The number of ether oxygens (including phenoxy) is 1. The number of imide groups is 1. The minimum atomic E-state index is -1.26. The number of urea groups is 1. The number of rotatable bonds is 3. The molecule has 2 aromatic rings. The number of fused-ring (bicyclic) bond motifs is 1. The third-order valence-electron chi connectivity index (χ3n) is 3.46. The topological polar surface area (TPSA) is 115 Å². The van der Waals surface area contributed by atoms with Crippen LogP contribution in [-0.4, -0.2) is 29.6 Å². The number of amides is 3. The van der Waals surface area contributed by atoms with Gasteiger partial charge in [-0.05, 0) is 46.8 Å². The maximum atomic E-state index is 12.2. The number of hydrogen-bond acceptors (Lipinski definition) is 6. The Morgan fingerprint density at radius 3 is 2.44 bits per heavy atom. The molecule has 0 radical (unpaired) electrons. The van der Waals surface area contributed by atoms with Gasteiger partial charge in [-0.1, -0.05) is 11.6 Å². The normalized spacial score (nSPS) is 12.3. The highest BCUT2D eigenvalue weighted by molar-refractivity contribution is 5.98. The van der Waals surface area contributed by atoms with E-state index in [0.717, 1.165) is 11.6 Å². The zero-order chi connectivity index (χ0) is 20.4. The Kier molecular flexibility index (Phi) is 5.68. The minimum Gasteiger partial charge on any atom is -0.449 e. The molecule has 1 atom stereocenters. The van der Waals surface area contributed by atoms with Crippen LogP contribution in [0, 0.1) is 6.92 Å². The SMILES string of the molecule is Cc1ccc2oc(C(=O)O[C@@H](C)C(=O)NC(=O)NC(C)(C)C)cc(=O)c2c1. The molecular formula is C19H22N2O6. The van der Waals surface area contributed by atoms with E-state index in [1.807, 2.05) is 6.92 Å². The van der Waals surface area contributed by atoms with E-state index in [-0.39, 0.29) is 11.3 Å². The van der Waals surface area contributed by atoms with Crippen LogP contribution in [0.15, 0.2) is 33.5 Å². The largest absolute Gasteiger partial charge is 0.449 e. The minimum absolute atomic E-state index is 0.238. The predicted octanol–water partition coefficient (Wildman–Crippen LogP) is 2.27. The van der Waals surface area contributed by atoms with E-state index in [9.17, 15) is 19.2 Å². The first-order valence-electron chi connectivity index (χ1n) is 8.35. The summed E-state index contributed by atoms with van der Waals surface area (Å²) in [5.74, 6) is -2.10. The molecular weight excluding hydrogens is 352 g/mol. The summed E-state index contributed by atoms with van der Waals surface area (Å²) in [6.07, 6.45) is -1.26. The van der Waals surface area contributed by atoms with Crippen LogP contribution in [0.3, 0.4) is 0 Å². The molecule has 0 bridgehead atoms. The second-order valence-corrected chi connectivity index (χ2v) is 7.22. The summed E-state index contributed by atoms with van der Waals surface area (Å²) in [4.78, 5) is 48.0. The zero-order valence-corrected chi connectivity index (χ0v) is 15.8. The molecule has 3 amide bonds. The molecule has 8 heteroatoms. The molecule has 1 heterocycles. The molecule has 2 N–H and O–H groups in total. The van der Waals surface area contributed by atoms with Crippen molar-refractivity contribution in [3.05, 3.63) is 45.8 Å². The Morgan fingerprint density at radius 1 is 1.15 bits per heavy atom. The van der Waals surface area contributed by atoms with E-state index in [0.29, 0.717) is 5.39 Å². The van der Waals surface area contributed by atoms with E-state index in [2.05, 4.69) is 10.6 Å². The molecule has 0 saturated carbocycles. The molecule has 0 aliphatic heterocycles. The number of carbonyl (C=O) groups is 3. The van der Waals surface area contributed by atoms with Crippen LogP contribution in [-0.2, 0) is 9.53 Å². The summed E-state index contributed by atoms with van der Waals surface area (Å²) >= 11 is 0. The summed E-state index contributed by atoms with van der Waals surface area (Å²) in [5, 5.41) is 4.98. The van der Waals surface area contributed by atoms with Gasteiger partial charge in [0, 0.05) is 11.6 Å². The molecule has 0 saturated heterocycles. The van der Waals surface area contributed by atoms with E-state index < -0.39 is 35.0 Å². The molecule has 1 aromatic carbocycles. The molecule has 0 aliphatic rings. The van der Waals surface area contributed by atoms with Crippen LogP contribution in [0.4, 0.5) is 4.79 Å². The summed E-state index contributed by atoms with van der Waals surface area (Å²) in [6, 6.07) is 5.28. The third kappa shape index (κ3) is 5.40. The fourth-order valence-corrected chi connectivity index (χ4v) is 2.23. The number of carbonyl (C=O) groups excluding carboxylic acids is 3. The molecule has 27 heavy (non-hydrogen) atoms. The quantitative estimate of drug-likeness (QED) is 0.797. The van der Waals surface area contributed by atoms with Crippen LogP contribution in [0.5, 0.6) is 0 Å². The lowest BCUT2D eigenvalue weighted by Crippen LogP contribution is -2.50. The van der Waals surface area contributed by atoms with Gasteiger partial charge >= 0.3 is 12.0 Å². The monoisotopic (exact) mass is 374 g/mol. The lowest BCUT2D eigenvalue weighted by Gasteiger charge is -2.21. The third-order valence-corrected chi connectivity index (χ3v) is 3.46. The molecule has 8 nitrogen and oxygen atoms in total. The van der Waals surface area contributed by atoms with Crippen LogP contribution in [0.1, 0.15) is 43.8 Å². The Labute approximate surface area is 155 Å². The maximum Gasteiger partial charge on any atom is 0.375 e. The van der Waals surface area contributed by atoms with Crippen molar-refractivity contribution < 1.29 is 23.5 Å². The van der Waals surface area contributed by atoms with Crippen molar-refractivity contribution in [3.63, 3.8) is 0 Å². The molecule has 0 spiro atoms. The van der Waals surface area contributed by atoms with Crippen LogP contribution < -0.4 is 16.1 Å². The summed E-state index contributed by atoms with van der Waals surface area (Å²) in [7, 11) is 0. The number of nitrogens with one attached hydrogen (secondary N) is 2. The van der Waals surface area contributed by atoms with Gasteiger partial charge in [0.2, 0.25) is 5.76 Å². The van der Waals surface area contributed by atoms with Gasteiger partial charge in [-0.25, -0.2) is 9.59 Å². The lowest BCUT2D eigenvalue weighted by atomic mass is 10.1. The van der Waals surface area contributed by atoms with Crippen LogP contribution >= 0.6 is 0 Å². The van der Waals surface area contributed by atoms with Gasteiger partial charge in [-0.2, -0.15) is 0 Å². The van der Waals surface area contributed by atoms with Gasteiger partial charge < -0.3 is 14.5 Å². The Hall–Kier alpha value is -3.16. The first-order chi connectivity index (χ1) is 12.5. The van der Waals surface area contributed by atoms with Gasteiger partial charge in [-0.15, -0.1) is 0 Å². The van der Waals surface area contributed by atoms with Gasteiger partial charge in [-0.3, -0.25) is 14.9 Å². The van der Waals surface area contributed by atoms with Crippen molar-refractivity contribution >= 4 is 28.9 Å². The van der Waals surface area contributed by atoms with E-state index >= 15 is 0 Å². The Balaban J connectivity index is 2.09. The highest BCUT2D eigenvalue weighted by Gasteiger charge is 2.24. The van der Waals surface area contributed by atoms with E-state index in [1.165, 1.54) is 6.92 Å². The van der Waals surface area contributed by atoms with Crippen molar-refractivity contribution in [3.8, 4) is 0 Å². The van der Waals surface area contributed by atoms with Crippen molar-refractivity contribution in [2.45, 2.75) is 46.3 Å². The van der Waals surface area contributed by atoms with Gasteiger partial charge in [0.15, 0.2) is 11.5 Å². The van der Waals surface area contributed by atoms with Crippen LogP contribution in [0.25, 0.3) is 11.0 Å².